The maximum absolute atomic E-state index is 11.7. The molecule has 0 aliphatic heterocycles. The fourth-order valence-corrected chi connectivity index (χ4v) is 1.90. The van der Waals surface area contributed by atoms with E-state index in [1.165, 1.54) is 0 Å². The van der Waals surface area contributed by atoms with E-state index in [1.54, 1.807) is 7.11 Å². The third-order valence-electron chi connectivity index (χ3n) is 2.83. The second kappa shape index (κ2) is 4.16. The smallest absolute Gasteiger partial charge is 0.227 e. The van der Waals surface area contributed by atoms with E-state index in [9.17, 15) is 4.79 Å². The lowest BCUT2D eigenvalue weighted by atomic mass is 10.1. The van der Waals surface area contributed by atoms with Crippen LogP contribution in [0.25, 0.3) is 0 Å². The van der Waals surface area contributed by atoms with Crippen LogP contribution in [0.5, 0.6) is 5.75 Å². The molecule has 0 unspecified atom stereocenters. The van der Waals surface area contributed by atoms with Gasteiger partial charge in [-0.2, -0.15) is 0 Å². The van der Waals surface area contributed by atoms with Crippen LogP contribution in [-0.2, 0) is 4.79 Å². The van der Waals surface area contributed by atoms with Gasteiger partial charge in [0.1, 0.15) is 5.75 Å². The Labute approximate surface area is 95.8 Å². The second-order valence-corrected chi connectivity index (χ2v) is 4.43. The monoisotopic (exact) mass is 219 g/mol. The highest BCUT2D eigenvalue weighted by Gasteiger charge is 2.30. The molecule has 86 valence electrons. The first kappa shape index (κ1) is 11.0. The summed E-state index contributed by atoms with van der Waals surface area (Å²) in [5.74, 6) is 1.09. The van der Waals surface area contributed by atoms with Gasteiger partial charge in [0.05, 0.1) is 12.8 Å². The van der Waals surface area contributed by atoms with E-state index in [0.29, 0.717) is 0 Å². The van der Waals surface area contributed by atoms with Gasteiger partial charge in [-0.15, -0.1) is 0 Å². The standard InChI is InChI=1S/C13H17NO2/c1-8-6-9(2)12(16-3)11(7-8)14-13(15)10-4-5-10/h6-7,10H,4-5H2,1-3H3,(H,14,15). The normalized spacial score (nSPS) is 14.7. The van der Waals surface area contributed by atoms with Crippen molar-refractivity contribution < 1.29 is 9.53 Å². The molecular weight excluding hydrogens is 202 g/mol. The van der Waals surface area contributed by atoms with Crippen LogP contribution in [0.4, 0.5) is 5.69 Å². The lowest BCUT2D eigenvalue weighted by Crippen LogP contribution is -2.14. The molecule has 0 heterocycles. The highest BCUT2D eigenvalue weighted by atomic mass is 16.5. The number of aryl methyl sites for hydroxylation is 2. The minimum atomic E-state index is 0.114. The Morgan fingerprint density at radius 1 is 1.38 bits per heavy atom. The third-order valence-corrected chi connectivity index (χ3v) is 2.83. The molecule has 0 spiro atoms. The first-order valence-electron chi connectivity index (χ1n) is 5.58. The molecule has 1 aliphatic rings. The molecule has 1 saturated carbocycles. The molecule has 1 aromatic carbocycles. The first-order chi connectivity index (χ1) is 7.61. The summed E-state index contributed by atoms with van der Waals surface area (Å²) in [6.45, 7) is 4.00. The number of amides is 1. The average Bonchev–Trinajstić information content (AvgIpc) is 2.99. The number of nitrogens with one attached hydrogen (secondary N) is 1. The summed E-state index contributed by atoms with van der Waals surface area (Å²) in [5.41, 5.74) is 2.97. The van der Waals surface area contributed by atoms with Crippen LogP contribution in [0.15, 0.2) is 12.1 Å². The van der Waals surface area contributed by atoms with Gasteiger partial charge in [-0.25, -0.2) is 0 Å². The fourth-order valence-electron chi connectivity index (χ4n) is 1.90. The van der Waals surface area contributed by atoms with Gasteiger partial charge >= 0.3 is 0 Å². The van der Waals surface area contributed by atoms with Crippen LogP contribution >= 0.6 is 0 Å². The van der Waals surface area contributed by atoms with Crippen molar-refractivity contribution in [2.75, 3.05) is 12.4 Å². The zero-order valence-corrected chi connectivity index (χ0v) is 9.96. The lowest BCUT2D eigenvalue weighted by molar-refractivity contribution is -0.117. The van der Waals surface area contributed by atoms with E-state index < -0.39 is 0 Å². The summed E-state index contributed by atoms with van der Waals surface area (Å²) >= 11 is 0. The van der Waals surface area contributed by atoms with Crippen LogP contribution < -0.4 is 10.1 Å². The SMILES string of the molecule is COc1c(C)cc(C)cc1NC(=O)C1CC1. The predicted molar refractivity (Wildman–Crippen MR) is 63.8 cm³/mol. The maximum atomic E-state index is 11.7. The molecule has 0 bridgehead atoms. The van der Waals surface area contributed by atoms with Crippen LogP contribution in [0.2, 0.25) is 0 Å². The third kappa shape index (κ3) is 2.18. The van der Waals surface area contributed by atoms with E-state index in [-0.39, 0.29) is 11.8 Å². The molecule has 1 aromatic rings. The molecule has 3 heteroatoms. The van der Waals surface area contributed by atoms with Crippen molar-refractivity contribution in [3.63, 3.8) is 0 Å². The van der Waals surface area contributed by atoms with Crippen molar-refractivity contribution in [1.29, 1.82) is 0 Å². The van der Waals surface area contributed by atoms with E-state index in [4.69, 9.17) is 4.74 Å². The minimum absolute atomic E-state index is 0.114. The number of ether oxygens (including phenoxy) is 1. The molecule has 1 N–H and O–H groups in total. The number of benzene rings is 1. The second-order valence-electron chi connectivity index (χ2n) is 4.43. The lowest BCUT2D eigenvalue weighted by Gasteiger charge is -2.13. The van der Waals surface area contributed by atoms with Gasteiger partial charge < -0.3 is 10.1 Å². The van der Waals surface area contributed by atoms with E-state index in [1.807, 2.05) is 26.0 Å². The van der Waals surface area contributed by atoms with E-state index in [0.717, 1.165) is 35.4 Å². The van der Waals surface area contributed by atoms with Crippen molar-refractivity contribution in [3.05, 3.63) is 23.3 Å². The fraction of sp³-hybridized carbons (Fsp3) is 0.462. The van der Waals surface area contributed by atoms with E-state index in [2.05, 4.69) is 5.32 Å². The van der Waals surface area contributed by atoms with Gasteiger partial charge in [0.2, 0.25) is 5.91 Å². The van der Waals surface area contributed by atoms with Crippen molar-refractivity contribution in [3.8, 4) is 5.75 Å². The van der Waals surface area contributed by atoms with Crippen LogP contribution in [0.1, 0.15) is 24.0 Å². The molecule has 16 heavy (non-hydrogen) atoms. The summed E-state index contributed by atoms with van der Waals surface area (Å²) in [7, 11) is 1.63. The van der Waals surface area contributed by atoms with Gasteiger partial charge in [0, 0.05) is 5.92 Å². The minimum Gasteiger partial charge on any atom is -0.494 e. The summed E-state index contributed by atoms with van der Waals surface area (Å²) < 4.78 is 5.32. The Morgan fingerprint density at radius 3 is 2.62 bits per heavy atom. The molecule has 1 amide bonds. The molecule has 0 aromatic heterocycles. The zero-order chi connectivity index (χ0) is 11.7. The Morgan fingerprint density at radius 2 is 2.06 bits per heavy atom. The molecule has 0 saturated heterocycles. The van der Waals surface area contributed by atoms with E-state index >= 15 is 0 Å². The van der Waals surface area contributed by atoms with Gasteiger partial charge in [-0.3, -0.25) is 4.79 Å². The number of carbonyl (C=O) groups excluding carboxylic acids is 1. The van der Waals surface area contributed by atoms with Crippen molar-refractivity contribution in [1.82, 2.24) is 0 Å². The maximum Gasteiger partial charge on any atom is 0.227 e. The molecule has 2 rings (SSSR count). The number of anilines is 1. The highest BCUT2D eigenvalue weighted by Crippen LogP contribution is 2.34. The zero-order valence-electron chi connectivity index (χ0n) is 9.96. The van der Waals surface area contributed by atoms with Gasteiger partial charge in [-0.05, 0) is 43.9 Å². The topological polar surface area (TPSA) is 38.3 Å². The quantitative estimate of drug-likeness (QED) is 0.848. The Bertz CT molecular complexity index is 422. The summed E-state index contributed by atoms with van der Waals surface area (Å²) in [6, 6.07) is 4.00. The van der Waals surface area contributed by atoms with Gasteiger partial charge in [0.15, 0.2) is 0 Å². The van der Waals surface area contributed by atoms with Crippen molar-refractivity contribution in [2.24, 2.45) is 5.92 Å². The van der Waals surface area contributed by atoms with Crippen LogP contribution in [0.3, 0.4) is 0 Å². The highest BCUT2D eigenvalue weighted by molar-refractivity contribution is 5.95. The van der Waals surface area contributed by atoms with Gasteiger partial charge in [-0.1, -0.05) is 6.07 Å². The molecule has 0 radical (unpaired) electrons. The van der Waals surface area contributed by atoms with Crippen LogP contribution in [-0.4, -0.2) is 13.0 Å². The van der Waals surface area contributed by atoms with Gasteiger partial charge in [0.25, 0.3) is 0 Å². The predicted octanol–water partition coefficient (Wildman–Crippen LogP) is 2.66. The first-order valence-corrected chi connectivity index (χ1v) is 5.58. The Hall–Kier alpha value is -1.51. The number of carbonyl (C=O) groups is 1. The molecule has 3 nitrogen and oxygen atoms in total. The summed E-state index contributed by atoms with van der Waals surface area (Å²) in [4.78, 5) is 11.7. The van der Waals surface area contributed by atoms with Crippen molar-refractivity contribution in [2.45, 2.75) is 26.7 Å². The average molecular weight is 219 g/mol. The number of hydrogen-bond acceptors (Lipinski definition) is 2. The molecule has 0 atom stereocenters. The molecular formula is C13H17NO2. The summed E-state index contributed by atoms with van der Waals surface area (Å²) in [6.07, 6.45) is 2.03. The Kier molecular flexibility index (Phi) is 2.86. The number of rotatable bonds is 3. The number of methoxy groups -OCH3 is 1. The summed E-state index contributed by atoms with van der Waals surface area (Å²) in [5, 5.41) is 2.94. The molecule has 1 aliphatic carbocycles. The Balaban J connectivity index is 2.26. The molecule has 1 fully saturated rings. The largest absolute Gasteiger partial charge is 0.494 e. The van der Waals surface area contributed by atoms with Crippen LogP contribution in [0, 0.1) is 19.8 Å². The number of hydrogen-bond donors (Lipinski definition) is 1. The van der Waals surface area contributed by atoms with Crippen molar-refractivity contribution >= 4 is 11.6 Å².